The summed E-state index contributed by atoms with van der Waals surface area (Å²) in [6, 6.07) is 5.61. The summed E-state index contributed by atoms with van der Waals surface area (Å²) in [7, 11) is 1.51. The van der Waals surface area contributed by atoms with Crippen LogP contribution in [0.25, 0.3) is 10.8 Å². The van der Waals surface area contributed by atoms with Crippen LogP contribution in [0, 0.1) is 17.7 Å². The molecule has 146 valence electrons. The van der Waals surface area contributed by atoms with E-state index in [4.69, 9.17) is 4.74 Å². The maximum Gasteiger partial charge on any atom is 0.323 e. The zero-order valence-corrected chi connectivity index (χ0v) is 15.2. The molecule has 0 unspecified atom stereocenters. The standard InChI is InChI=1S/C20H15FN4O4/c1-29-15-3-2-13-10-25(17(26)16(13)7-15)11-20(18(27)23-19(28)24-20)5-4-12-6-14(21)9-22-8-12/h2-3,6-10,26H,11H2,1H3,(H2,23,24,27,28)/t20-/m1/s1. The van der Waals surface area contributed by atoms with E-state index in [-0.39, 0.29) is 18.0 Å². The van der Waals surface area contributed by atoms with Gasteiger partial charge in [-0.15, -0.1) is 0 Å². The Hall–Kier alpha value is -4.06. The lowest BCUT2D eigenvalue weighted by Gasteiger charge is -2.20. The van der Waals surface area contributed by atoms with Gasteiger partial charge in [0, 0.05) is 28.7 Å². The molecular weight excluding hydrogens is 379 g/mol. The van der Waals surface area contributed by atoms with Crippen molar-refractivity contribution in [3.05, 3.63) is 54.2 Å². The third kappa shape index (κ3) is 3.32. The van der Waals surface area contributed by atoms with Crippen LogP contribution in [0.5, 0.6) is 11.6 Å². The summed E-state index contributed by atoms with van der Waals surface area (Å²) >= 11 is 0. The lowest BCUT2D eigenvalue weighted by molar-refractivity contribution is -0.122. The van der Waals surface area contributed by atoms with Gasteiger partial charge >= 0.3 is 6.03 Å². The number of carbonyl (C=O) groups excluding carboxylic acids is 2. The highest BCUT2D eigenvalue weighted by Crippen LogP contribution is 2.31. The molecule has 0 radical (unpaired) electrons. The lowest BCUT2D eigenvalue weighted by atomic mass is 10.00. The fourth-order valence-electron chi connectivity index (χ4n) is 3.12. The Morgan fingerprint density at radius 1 is 1.31 bits per heavy atom. The number of fused-ring (bicyclic) bond motifs is 1. The topological polar surface area (TPSA) is 105 Å². The third-order valence-electron chi connectivity index (χ3n) is 4.54. The number of carbonyl (C=O) groups is 2. The summed E-state index contributed by atoms with van der Waals surface area (Å²) in [5.41, 5.74) is -1.41. The number of hydrogen-bond acceptors (Lipinski definition) is 5. The molecule has 3 heterocycles. The van der Waals surface area contributed by atoms with Gasteiger partial charge in [-0.3, -0.25) is 15.1 Å². The van der Waals surface area contributed by atoms with Gasteiger partial charge in [0.1, 0.15) is 11.6 Å². The Morgan fingerprint density at radius 3 is 2.83 bits per heavy atom. The molecule has 1 aromatic carbocycles. The van der Waals surface area contributed by atoms with Crippen molar-refractivity contribution in [1.29, 1.82) is 0 Å². The molecule has 3 aromatic rings. The molecule has 2 aromatic heterocycles. The number of amides is 3. The minimum Gasteiger partial charge on any atom is -0.497 e. The van der Waals surface area contributed by atoms with E-state index in [1.807, 2.05) is 0 Å². The quantitative estimate of drug-likeness (QED) is 0.461. The van der Waals surface area contributed by atoms with E-state index >= 15 is 0 Å². The molecule has 3 amide bonds. The lowest BCUT2D eigenvalue weighted by Crippen LogP contribution is -2.49. The predicted octanol–water partition coefficient (Wildman–Crippen LogP) is 1.52. The number of benzene rings is 1. The van der Waals surface area contributed by atoms with Gasteiger partial charge in [-0.25, -0.2) is 9.18 Å². The Balaban J connectivity index is 1.76. The molecule has 3 N–H and O–H groups in total. The first kappa shape index (κ1) is 18.3. The number of nitrogens with zero attached hydrogens (tertiary/aromatic N) is 2. The van der Waals surface area contributed by atoms with E-state index in [2.05, 4.69) is 27.5 Å². The van der Waals surface area contributed by atoms with Gasteiger partial charge in [0.2, 0.25) is 5.54 Å². The van der Waals surface area contributed by atoms with E-state index in [0.29, 0.717) is 16.5 Å². The summed E-state index contributed by atoms with van der Waals surface area (Å²) in [4.78, 5) is 28.0. The number of aromatic hydroxyl groups is 1. The monoisotopic (exact) mass is 394 g/mol. The van der Waals surface area contributed by atoms with Crippen LogP contribution in [-0.4, -0.2) is 39.2 Å². The predicted molar refractivity (Wildman–Crippen MR) is 101 cm³/mol. The number of methoxy groups -OCH3 is 1. The van der Waals surface area contributed by atoms with E-state index in [9.17, 15) is 19.1 Å². The fraction of sp³-hybridized carbons (Fsp3) is 0.150. The molecule has 0 saturated carbocycles. The van der Waals surface area contributed by atoms with Crippen LogP contribution in [0.3, 0.4) is 0 Å². The minimum atomic E-state index is -1.65. The van der Waals surface area contributed by atoms with Crippen LogP contribution in [0.15, 0.2) is 42.9 Å². The average Bonchev–Trinajstić information content (AvgIpc) is 3.15. The first-order chi connectivity index (χ1) is 13.9. The van der Waals surface area contributed by atoms with Crippen LogP contribution in [0.4, 0.5) is 9.18 Å². The highest BCUT2D eigenvalue weighted by Gasteiger charge is 2.46. The van der Waals surface area contributed by atoms with Crippen molar-refractivity contribution >= 4 is 22.7 Å². The number of pyridine rings is 1. The molecule has 0 spiro atoms. The first-order valence-electron chi connectivity index (χ1n) is 8.53. The molecule has 9 heteroatoms. The highest BCUT2D eigenvalue weighted by molar-refractivity contribution is 6.09. The number of urea groups is 1. The van der Waals surface area contributed by atoms with Gasteiger partial charge in [-0.2, -0.15) is 0 Å². The van der Waals surface area contributed by atoms with Crippen molar-refractivity contribution in [2.24, 2.45) is 0 Å². The van der Waals surface area contributed by atoms with Crippen LogP contribution >= 0.6 is 0 Å². The van der Waals surface area contributed by atoms with E-state index in [1.165, 1.54) is 17.9 Å². The number of ether oxygens (including phenoxy) is 1. The molecule has 1 aliphatic heterocycles. The van der Waals surface area contributed by atoms with E-state index in [0.717, 1.165) is 12.3 Å². The molecule has 1 fully saturated rings. The second-order valence-corrected chi connectivity index (χ2v) is 6.49. The molecule has 1 aliphatic rings. The van der Waals surface area contributed by atoms with Gasteiger partial charge in [0.15, 0.2) is 5.88 Å². The van der Waals surface area contributed by atoms with Crippen molar-refractivity contribution < 1.29 is 23.8 Å². The number of rotatable bonds is 3. The zero-order chi connectivity index (χ0) is 20.6. The van der Waals surface area contributed by atoms with Gasteiger partial charge in [-0.05, 0) is 24.3 Å². The summed E-state index contributed by atoms with van der Waals surface area (Å²) in [6.45, 7) is -0.164. The normalized spacial score (nSPS) is 18.1. The Kier molecular flexibility index (Phi) is 4.31. The Morgan fingerprint density at radius 2 is 2.14 bits per heavy atom. The zero-order valence-electron chi connectivity index (χ0n) is 15.2. The molecule has 1 atom stereocenters. The van der Waals surface area contributed by atoms with E-state index in [1.54, 1.807) is 24.4 Å². The molecule has 4 rings (SSSR count). The molecular formula is C20H15FN4O4. The van der Waals surface area contributed by atoms with Gasteiger partial charge in [0.25, 0.3) is 5.91 Å². The van der Waals surface area contributed by atoms with Crippen molar-refractivity contribution in [1.82, 2.24) is 20.2 Å². The summed E-state index contributed by atoms with van der Waals surface area (Å²) in [5, 5.41) is 16.5. The maximum atomic E-state index is 13.4. The van der Waals surface area contributed by atoms with Crippen LogP contribution in [0.2, 0.25) is 0 Å². The number of nitrogens with one attached hydrogen (secondary N) is 2. The summed E-state index contributed by atoms with van der Waals surface area (Å²) in [6.07, 6.45) is 4.00. The van der Waals surface area contributed by atoms with Gasteiger partial charge in [0.05, 0.1) is 19.9 Å². The second-order valence-electron chi connectivity index (χ2n) is 6.49. The molecule has 0 bridgehead atoms. The highest BCUT2D eigenvalue weighted by atomic mass is 19.1. The van der Waals surface area contributed by atoms with Crippen molar-refractivity contribution in [2.75, 3.05) is 7.11 Å². The van der Waals surface area contributed by atoms with Crippen molar-refractivity contribution in [3.63, 3.8) is 0 Å². The number of hydrogen-bond donors (Lipinski definition) is 3. The van der Waals surface area contributed by atoms with Gasteiger partial charge in [-0.1, -0.05) is 11.8 Å². The maximum absolute atomic E-state index is 13.4. The number of aromatic nitrogens is 2. The van der Waals surface area contributed by atoms with Crippen molar-refractivity contribution in [3.8, 4) is 23.5 Å². The first-order valence-corrected chi connectivity index (χ1v) is 8.53. The smallest absolute Gasteiger partial charge is 0.323 e. The molecule has 29 heavy (non-hydrogen) atoms. The molecule has 1 saturated heterocycles. The summed E-state index contributed by atoms with van der Waals surface area (Å²) in [5.74, 6) is 4.58. The van der Waals surface area contributed by atoms with Crippen molar-refractivity contribution in [2.45, 2.75) is 12.1 Å². The Labute approximate surface area is 164 Å². The molecule has 8 nitrogen and oxygen atoms in total. The Bertz CT molecular complexity index is 1210. The fourth-order valence-corrected chi connectivity index (χ4v) is 3.12. The van der Waals surface area contributed by atoms with E-state index < -0.39 is 23.3 Å². The van der Waals surface area contributed by atoms with Crippen LogP contribution in [0.1, 0.15) is 5.56 Å². The molecule has 0 aliphatic carbocycles. The third-order valence-corrected chi connectivity index (χ3v) is 4.54. The average molecular weight is 394 g/mol. The second kappa shape index (κ2) is 6.83. The number of imide groups is 1. The summed E-state index contributed by atoms with van der Waals surface area (Å²) < 4.78 is 19.9. The van der Waals surface area contributed by atoms with Gasteiger partial charge < -0.3 is 19.7 Å². The van der Waals surface area contributed by atoms with Crippen LogP contribution < -0.4 is 15.4 Å². The number of halogens is 1. The van der Waals surface area contributed by atoms with Crippen LogP contribution in [-0.2, 0) is 11.3 Å². The minimum absolute atomic E-state index is 0.110. The SMILES string of the molecule is COc1ccc2cn(C[C@@]3(C#Cc4cncc(F)c4)NC(=O)NC3=O)c(O)c2c1. The largest absolute Gasteiger partial charge is 0.497 e.